The monoisotopic (exact) mass is 437 g/mol. The van der Waals surface area contributed by atoms with Crippen LogP contribution in [0.5, 0.6) is 5.75 Å². The first-order valence-electron chi connectivity index (χ1n) is 10.4. The molecule has 0 saturated heterocycles. The summed E-state index contributed by atoms with van der Waals surface area (Å²) in [5.74, 6) is 6.49. The third-order valence-corrected chi connectivity index (χ3v) is 5.27. The number of methoxy groups -OCH3 is 1. The number of aromatic nitrogens is 1. The summed E-state index contributed by atoms with van der Waals surface area (Å²) < 4.78 is 5.23. The van der Waals surface area contributed by atoms with Gasteiger partial charge in [0.1, 0.15) is 5.75 Å². The van der Waals surface area contributed by atoms with Crippen LogP contribution in [0.15, 0.2) is 79.0 Å². The maximum atomic E-state index is 12.4. The number of nitrogens with zero attached hydrogens (tertiary/aromatic N) is 2. The lowest BCUT2D eigenvalue weighted by atomic mass is 10.0. The van der Waals surface area contributed by atoms with Gasteiger partial charge in [-0.1, -0.05) is 42.2 Å². The van der Waals surface area contributed by atoms with E-state index in [1.807, 2.05) is 84.7 Å². The summed E-state index contributed by atoms with van der Waals surface area (Å²) in [5, 5.41) is 10.1. The Morgan fingerprint density at radius 2 is 1.76 bits per heavy atom. The first-order chi connectivity index (χ1) is 16.1. The molecule has 0 spiro atoms. The van der Waals surface area contributed by atoms with Crippen LogP contribution >= 0.6 is 0 Å². The van der Waals surface area contributed by atoms with Gasteiger partial charge in [-0.3, -0.25) is 15.0 Å². The summed E-state index contributed by atoms with van der Waals surface area (Å²) in [4.78, 5) is 18.8. The SMILES string of the molecule is COc1ccc(CN(C)c2c(C(=O)NO)cnc3ccc(C#Cc4ccccc4)cc23)cc1. The number of benzene rings is 3. The van der Waals surface area contributed by atoms with Crippen LogP contribution in [0.25, 0.3) is 10.9 Å². The predicted molar refractivity (Wildman–Crippen MR) is 129 cm³/mol. The summed E-state index contributed by atoms with van der Waals surface area (Å²) >= 11 is 0. The van der Waals surface area contributed by atoms with Crippen molar-refractivity contribution in [1.82, 2.24) is 10.5 Å². The molecule has 0 fully saturated rings. The highest BCUT2D eigenvalue weighted by atomic mass is 16.5. The van der Waals surface area contributed by atoms with Crippen LogP contribution in [0.4, 0.5) is 5.69 Å². The Morgan fingerprint density at radius 1 is 1.03 bits per heavy atom. The van der Waals surface area contributed by atoms with Gasteiger partial charge in [0.15, 0.2) is 0 Å². The van der Waals surface area contributed by atoms with Gasteiger partial charge in [0.2, 0.25) is 0 Å². The van der Waals surface area contributed by atoms with Crippen molar-refractivity contribution in [3.8, 4) is 17.6 Å². The van der Waals surface area contributed by atoms with Crippen molar-refractivity contribution in [2.24, 2.45) is 0 Å². The molecule has 6 nitrogen and oxygen atoms in total. The Balaban J connectivity index is 1.78. The number of hydrogen-bond acceptors (Lipinski definition) is 5. The van der Waals surface area contributed by atoms with Crippen molar-refractivity contribution < 1.29 is 14.7 Å². The molecule has 1 heterocycles. The zero-order valence-corrected chi connectivity index (χ0v) is 18.4. The van der Waals surface area contributed by atoms with E-state index in [1.54, 1.807) is 12.6 Å². The molecule has 0 aliphatic rings. The van der Waals surface area contributed by atoms with Gasteiger partial charge in [-0.2, -0.15) is 0 Å². The Labute approximate surface area is 192 Å². The molecule has 4 rings (SSSR count). The van der Waals surface area contributed by atoms with Crippen molar-refractivity contribution in [2.75, 3.05) is 19.1 Å². The minimum Gasteiger partial charge on any atom is -0.497 e. The number of carbonyl (C=O) groups excluding carboxylic acids is 1. The van der Waals surface area contributed by atoms with Crippen molar-refractivity contribution in [1.29, 1.82) is 0 Å². The molecule has 4 aromatic rings. The fraction of sp³-hybridized carbons (Fsp3) is 0.111. The summed E-state index contributed by atoms with van der Waals surface area (Å²) in [7, 11) is 3.53. The zero-order chi connectivity index (χ0) is 23.2. The van der Waals surface area contributed by atoms with Crippen molar-refractivity contribution in [3.63, 3.8) is 0 Å². The van der Waals surface area contributed by atoms with E-state index in [2.05, 4.69) is 16.8 Å². The molecular weight excluding hydrogens is 414 g/mol. The molecule has 0 radical (unpaired) electrons. The van der Waals surface area contributed by atoms with Gasteiger partial charge < -0.3 is 9.64 Å². The molecule has 3 aromatic carbocycles. The first kappa shape index (κ1) is 21.9. The standard InChI is InChI=1S/C27H23N3O3/c1-30(18-21-10-13-22(33-2)14-11-21)26-23-16-20(9-8-19-6-4-3-5-7-19)12-15-25(23)28-17-24(26)27(31)29-32/h3-7,10-17,32H,18H2,1-2H3,(H,29,31). The van der Waals surface area contributed by atoms with Crippen molar-refractivity contribution >= 4 is 22.5 Å². The van der Waals surface area contributed by atoms with Gasteiger partial charge in [-0.25, -0.2) is 5.48 Å². The molecule has 33 heavy (non-hydrogen) atoms. The number of amides is 1. The summed E-state index contributed by atoms with van der Waals surface area (Å²) in [5.41, 5.74) is 6.15. The fourth-order valence-electron chi connectivity index (χ4n) is 3.64. The van der Waals surface area contributed by atoms with E-state index >= 15 is 0 Å². The summed E-state index contributed by atoms with van der Waals surface area (Å²) in [6.45, 7) is 0.536. The third-order valence-electron chi connectivity index (χ3n) is 5.27. The number of hydroxylamine groups is 1. The van der Waals surface area contributed by atoms with Gasteiger partial charge in [-0.05, 0) is 48.0 Å². The van der Waals surface area contributed by atoms with Gasteiger partial charge in [0.05, 0.1) is 23.9 Å². The molecule has 0 atom stereocenters. The topological polar surface area (TPSA) is 74.7 Å². The van der Waals surface area contributed by atoms with E-state index in [0.717, 1.165) is 33.3 Å². The maximum absolute atomic E-state index is 12.4. The molecule has 1 aromatic heterocycles. The largest absolute Gasteiger partial charge is 0.497 e. The van der Waals surface area contributed by atoms with Gasteiger partial charge in [0, 0.05) is 36.3 Å². The molecule has 1 amide bonds. The highest BCUT2D eigenvalue weighted by Crippen LogP contribution is 2.31. The molecule has 2 N–H and O–H groups in total. The normalized spacial score (nSPS) is 10.3. The lowest BCUT2D eigenvalue weighted by Crippen LogP contribution is -2.25. The highest BCUT2D eigenvalue weighted by molar-refractivity contribution is 6.07. The molecule has 0 bridgehead atoms. The highest BCUT2D eigenvalue weighted by Gasteiger charge is 2.19. The lowest BCUT2D eigenvalue weighted by Gasteiger charge is -2.24. The molecule has 0 aliphatic carbocycles. The zero-order valence-electron chi connectivity index (χ0n) is 18.4. The quantitative estimate of drug-likeness (QED) is 0.275. The molecule has 6 heteroatoms. The molecule has 0 unspecified atom stereocenters. The van der Waals surface area contributed by atoms with E-state index in [-0.39, 0.29) is 5.56 Å². The van der Waals surface area contributed by atoms with Crippen molar-refractivity contribution in [3.05, 3.63) is 101 Å². The van der Waals surface area contributed by atoms with E-state index < -0.39 is 5.91 Å². The molecule has 164 valence electrons. The average Bonchev–Trinajstić information content (AvgIpc) is 2.87. The second kappa shape index (κ2) is 9.86. The van der Waals surface area contributed by atoms with E-state index in [1.165, 1.54) is 6.20 Å². The summed E-state index contributed by atoms with van der Waals surface area (Å²) in [6, 6.07) is 23.2. The number of anilines is 1. The van der Waals surface area contributed by atoms with Crippen LogP contribution in [0.2, 0.25) is 0 Å². The second-order valence-corrected chi connectivity index (χ2v) is 7.51. The number of nitrogens with one attached hydrogen (secondary N) is 1. The number of ether oxygens (including phenoxy) is 1. The Hall–Kier alpha value is -4.34. The van der Waals surface area contributed by atoms with Crippen LogP contribution in [0.3, 0.4) is 0 Å². The van der Waals surface area contributed by atoms with Gasteiger partial charge >= 0.3 is 0 Å². The van der Waals surface area contributed by atoms with Gasteiger partial charge in [0.25, 0.3) is 5.91 Å². The number of fused-ring (bicyclic) bond motifs is 1. The van der Waals surface area contributed by atoms with Crippen LogP contribution in [-0.4, -0.2) is 30.3 Å². The number of hydrogen-bond donors (Lipinski definition) is 2. The van der Waals surface area contributed by atoms with E-state index in [4.69, 9.17) is 4.74 Å². The van der Waals surface area contributed by atoms with E-state index in [9.17, 15) is 10.0 Å². The van der Waals surface area contributed by atoms with Crippen molar-refractivity contribution in [2.45, 2.75) is 6.54 Å². The Bertz CT molecular complexity index is 1340. The van der Waals surface area contributed by atoms with Crippen LogP contribution in [-0.2, 0) is 6.54 Å². The maximum Gasteiger partial charge on any atom is 0.278 e. The molecule has 0 aliphatic heterocycles. The minimum atomic E-state index is -0.623. The Morgan fingerprint density at radius 3 is 2.45 bits per heavy atom. The predicted octanol–water partition coefficient (Wildman–Crippen LogP) is 4.40. The Kier molecular flexibility index (Phi) is 6.53. The van der Waals surface area contributed by atoms with Gasteiger partial charge in [-0.15, -0.1) is 0 Å². The first-order valence-corrected chi connectivity index (χ1v) is 10.4. The number of pyridine rings is 1. The van der Waals surface area contributed by atoms with Crippen LogP contribution < -0.4 is 15.1 Å². The fourth-order valence-corrected chi connectivity index (χ4v) is 3.64. The smallest absolute Gasteiger partial charge is 0.278 e. The van der Waals surface area contributed by atoms with Crippen LogP contribution in [0.1, 0.15) is 27.0 Å². The third kappa shape index (κ3) is 4.95. The van der Waals surface area contributed by atoms with Crippen LogP contribution in [0, 0.1) is 11.8 Å². The minimum absolute atomic E-state index is 0.272. The lowest BCUT2D eigenvalue weighted by molar-refractivity contribution is 0.0706. The number of carbonyl (C=O) groups is 1. The summed E-state index contributed by atoms with van der Waals surface area (Å²) in [6.07, 6.45) is 1.48. The number of rotatable bonds is 5. The molecule has 0 saturated carbocycles. The second-order valence-electron chi connectivity index (χ2n) is 7.51. The molecular formula is C27H23N3O3. The average molecular weight is 437 g/mol. The van der Waals surface area contributed by atoms with E-state index in [0.29, 0.717) is 12.2 Å².